The van der Waals surface area contributed by atoms with Crippen LogP contribution in [0.5, 0.6) is 11.5 Å². The maximum absolute atomic E-state index is 12.8. The van der Waals surface area contributed by atoms with E-state index in [0.29, 0.717) is 23.6 Å². The van der Waals surface area contributed by atoms with Gasteiger partial charge in [0.15, 0.2) is 11.5 Å². The van der Waals surface area contributed by atoms with Crippen molar-refractivity contribution in [3.8, 4) is 11.5 Å². The Morgan fingerprint density at radius 2 is 2.00 bits per heavy atom. The molecule has 2 heterocycles. The molecule has 0 saturated carbocycles. The normalized spacial score (nSPS) is 13.4. The van der Waals surface area contributed by atoms with Crippen LogP contribution in [0.4, 0.5) is 5.69 Å². The number of ether oxygens (including phenoxy) is 2. The number of rotatable bonds is 5. The molecule has 0 radical (unpaired) electrons. The smallest absolute Gasteiger partial charge is 0.249 e. The first-order valence-electron chi connectivity index (χ1n) is 7.76. The Balaban J connectivity index is 1.55. The molecule has 1 atom stereocenters. The SMILES string of the molecule is O=C(Nc1ccc2c(c1)OCO2)[C@H](Cc1ccccc1)n1cnnn1. The summed E-state index contributed by atoms with van der Waals surface area (Å²) in [6, 6.07) is 14.4. The predicted molar refractivity (Wildman–Crippen MR) is 88.2 cm³/mol. The van der Waals surface area contributed by atoms with Crippen molar-refractivity contribution in [1.82, 2.24) is 20.2 Å². The molecule has 3 aromatic rings. The Labute approximate surface area is 143 Å². The van der Waals surface area contributed by atoms with Crippen LogP contribution in [-0.2, 0) is 11.2 Å². The van der Waals surface area contributed by atoms with E-state index in [4.69, 9.17) is 9.47 Å². The van der Waals surface area contributed by atoms with Gasteiger partial charge in [0.1, 0.15) is 12.4 Å². The second kappa shape index (κ2) is 6.60. The highest BCUT2D eigenvalue weighted by Gasteiger charge is 2.23. The van der Waals surface area contributed by atoms with Gasteiger partial charge < -0.3 is 14.8 Å². The first kappa shape index (κ1) is 15.1. The molecule has 0 fully saturated rings. The molecule has 1 aromatic heterocycles. The average molecular weight is 337 g/mol. The minimum Gasteiger partial charge on any atom is -0.454 e. The van der Waals surface area contributed by atoms with Crippen LogP contribution < -0.4 is 14.8 Å². The maximum atomic E-state index is 12.8. The lowest BCUT2D eigenvalue weighted by Crippen LogP contribution is -2.28. The van der Waals surface area contributed by atoms with Gasteiger partial charge in [0, 0.05) is 18.2 Å². The van der Waals surface area contributed by atoms with Crippen LogP contribution in [0.3, 0.4) is 0 Å². The van der Waals surface area contributed by atoms with Gasteiger partial charge in [-0.3, -0.25) is 4.79 Å². The Bertz CT molecular complexity index is 867. The molecule has 0 saturated heterocycles. The van der Waals surface area contributed by atoms with E-state index < -0.39 is 6.04 Å². The molecule has 8 nitrogen and oxygen atoms in total. The van der Waals surface area contributed by atoms with E-state index >= 15 is 0 Å². The summed E-state index contributed by atoms with van der Waals surface area (Å²) >= 11 is 0. The summed E-state index contributed by atoms with van der Waals surface area (Å²) in [6.07, 6.45) is 1.91. The fraction of sp³-hybridized carbons (Fsp3) is 0.176. The third-order valence-electron chi connectivity index (χ3n) is 3.90. The summed E-state index contributed by atoms with van der Waals surface area (Å²) in [5, 5.41) is 14.0. The molecule has 8 heteroatoms. The quantitative estimate of drug-likeness (QED) is 0.764. The van der Waals surface area contributed by atoms with Crippen molar-refractivity contribution in [2.24, 2.45) is 0 Å². The third-order valence-corrected chi connectivity index (χ3v) is 3.90. The second-order valence-corrected chi connectivity index (χ2v) is 5.55. The van der Waals surface area contributed by atoms with Gasteiger partial charge in [-0.1, -0.05) is 30.3 Å². The molecule has 1 aliphatic rings. The second-order valence-electron chi connectivity index (χ2n) is 5.55. The molecule has 0 unspecified atom stereocenters. The van der Waals surface area contributed by atoms with Crippen molar-refractivity contribution in [1.29, 1.82) is 0 Å². The number of carbonyl (C=O) groups excluding carboxylic acids is 1. The summed E-state index contributed by atoms with van der Waals surface area (Å²) in [7, 11) is 0. The van der Waals surface area contributed by atoms with Gasteiger partial charge in [-0.25, -0.2) is 4.68 Å². The standard InChI is InChI=1S/C17H15N5O3/c23-17(19-13-6-7-15-16(9-13)25-11-24-15)14(22-10-18-20-21-22)8-12-4-2-1-3-5-12/h1-7,9-10,14H,8,11H2,(H,19,23)/t14-/m0/s1. The zero-order chi connectivity index (χ0) is 17.1. The highest BCUT2D eigenvalue weighted by Crippen LogP contribution is 2.34. The van der Waals surface area contributed by atoms with Gasteiger partial charge in [-0.2, -0.15) is 0 Å². The number of tetrazole rings is 1. The van der Waals surface area contributed by atoms with E-state index in [2.05, 4.69) is 20.8 Å². The highest BCUT2D eigenvalue weighted by atomic mass is 16.7. The minimum atomic E-state index is -0.567. The molecule has 0 aliphatic carbocycles. The van der Waals surface area contributed by atoms with E-state index in [-0.39, 0.29) is 12.7 Å². The molecule has 25 heavy (non-hydrogen) atoms. The first-order chi connectivity index (χ1) is 12.3. The molecule has 0 bridgehead atoms. The van der Waals surface area contributed by atoms with Crippen LogP contribution in [0.15, 0.2) is 54.9 Å². The molecule has 126 valence electrons. The Morgan fingerprint density at radius 3 is 2.80 bits per heavy atom. The van der Waals surface area contributed by atoms with Crippen LogP contribution in [0.1, 0.15) is 11.6 Å². The number of amides is 1. The molecular weight excluding hydrogens is 322 g/mol. The number of nitrogens with zero attached hydrogens (tertiary/aromatic N) is 4. The lowest BCUT2D eigenvalue weighted by molar-refractivity contribution is -0.119. The number of fused-ring (bicyclic) bond motifs is 1. The van der Waals surface area contributed by atoms with Gasteiger partial charge >= 0.3 is 0 Å². The lowest BCUT2D eigenvalue weighted by atomic mass is 10.1. The fourth-order valence-electron chi connectivity index (χ4n) is 2.65. The van der Waals surface area contributed by atoms with E-state index in [1.807, 2.05) is 30.3 Å². The fourth-order valence-corrected chi connectivity index (χ4v) is 2.65. The van der Waals surface area contributed by atoms with E-state index in [9.17, 15) is 4.79 Å². The van der Waals surface area contributed by atoms with Crippen LogP contribution in [-0.4, -0.2) is 32.9 Å². The number of benzene rings is 2. The number of carbonyl (C=O) groups is 1. The van der Waals surface area contributed by atoms with Crippen molar-refractivity contribution < 1.29 is 14.3 Å². The van der Waals surface area contributed by atoms with Crippen LogP contribution in [0.2, 0.25) is 0 Å². The molecular formula is C17H15N5O3. The molecule has 1 aliphatic heterocycles. The molecule has 1 N–H and O–H groups in total. The van der Waals surface area contributed by atoms with Crippen LogP contribution in [0.25, 0.3) is 0 Å². The highest BCUT2D eigenvalue weighted by molar-refractivity contribution is 5.94. The minimum absolute atomic E-state index is 0.188. The molecule has 0 spiro atoms. The summed E-state index contributed by atoms with van der Waals surface area (Å²) in [4.78, 5) is 12.8. The van der Waals surface area contributed by atoms with Crippen molar-refractivity contribution in [3.05, 3.63) is 60.4 Å². The van der Waals surface area contributed by atoms with Crippen molar-refractivity contribution in [3.63, 3.8) is 0 Å². The Kier molecular flexibility index (Phi) is 3.99. The Hall–Kier alpha value is -3.42. The van der Waals surface area contributed by atoms with E-state index in [1.165, 1.54) is 11.0 Å². The first-order valence-corrected chi connectivity index (χ1v) is 7.76. The summed E-state index contributed by atoms with van der Waals surface area (Å²) < 4.78 is 12.1. The molecule has 2 aromatic carbocycles. The van der Waals surface area contributed by atoms with E-state index in [1.54, 1.807) is 18.2 Å². The van der Waals surface area contributed by atoms with Gasteiger partial charge in [-0.05, 0) is 28.1 Å². The zero-order valence-corrected chi connectivity index (χ0v) is 13.2. The largest absolute Gasteiger partial charge is 0.454 e. The number of nitrogens with one attached hydrogen (secondary N) is 1. The number of anilines is 1. The molecule has 1 amide bonds. The summed E-state index contributed by atoms with van der Waals surface area (Å²) in [5.41, 5.74) is 1.64. The van der Waals surface area contributed by atoms with Gasteiger partial charge in [0.25, 0.3) is 0 Å². The van der Waals surface area contributed by atoms with Gasteiger partial charge in [0.2, 0.25) is 12.7 Å². The molecule has 4 rings (SSSR count). The number of hydrogen-bond acceptors (Lipinski definition) is 6. The monoisotopic (exact) mass is 337 g/mol. The van der Waals surface area contributed by atoms with Crippen molar-refractivity contribution >= 4 is 11.6 Å². The zero-order valence-electron chi connectivity index (χ0n) is 13.2. The lowest BCUT2D eigenvalue weighted by Gasteiger charge is -2.16. The van der Waals surface area contributed by atoms with Crippen LogP contribution in [0, 0.1) is 0 Å². The third kappa shape index (κ3) is 3.27. The van der Waals surface area contributed by atoms with Crippen molar-refractivity contribution in [2.45, 2.75) is 12.5 Å². The number of aromatic nitrogens is 4. The summed E-state index contributed by atoms with van der Waals surface area (Å²) in [5.74, 6) is 1.06. The number of hydrogen-bond donors (Lipinski definition) is 1. The van der Waals surface area contributed by atoms with Gasteiger partial charge in [-0.15, -0.1) is 5.10 Å². The van der Waals surface area contributed by atoms with Crippen LogP contribution >= 0.6 is 0 Å². The topological polar surface area (TPSA) is 91.2 Å². The summed E-state index contributed by atoms with van der Waals surface area (Å²) in [6.45, 7) is 0.188. The van der Waals surface area contributed by atoms with Crippen molar-refractivity contribution in [2.75, 3.05) is 12.1 Å². The Morgan fingerprint density at radius 1 is 1.16 bits per heavy atom. The maximum Gasteiger partial charge on any atom is 0.249 e. The van der Waals surface area contributed by atoms with Gasteiger partial charge in [0.05, 0.1) is 0 Å². The predicted octanol–water partition coefficient (Wildman–Crippen LogP) is 1.82. The van der Waals surface area contributed by atoms with E-state index in [0.717, 1.165) is 5.56 Å². The average Bonchev–Trinajstić information content (AvgIpc) is 3.31.